The average Bonchev–Trinajstić information content (AvgIpc) is 3.06. The molecule has 2 aliphatic rings. The second-order valence-corrected chi connectivity index (χ2v) is 6.84. The van der Waals surface area contributed by atoms with Gasteiger partial charge in [-0.3, -0.25) is 14.5 Å². The van der Waals surface area contributed by atoms with E-state index in [0.717, 1.165) is 31.6 Å². The summed E-state index contributed by atoms with van der Waals surface area (Å²) < 4.78 is 0. The fourth-order valence-electron chi connectivity index (χ4n) is 3.53. The zero-order chi connectivity index (χ0) is 17.6. The Bertz CT molecular complexity index is 585. The molecule has 1 N–H and O–H groups in total. The van der Waals surface area contributed by atoms with Crippen LogP contribution in [0.1, 0.15) is 30.9 Å². The van der Waals surface area contributed by atoms with Crippen LogP contribution in [0.2, 0.25) is 0 Å². The molecule has 1 aromatic carbocycles. The van der Waals surface area contributed by atoms with Crippen LogP contribution in [0, 0.1) is 0 Å². The summed E-state index contributed by atoms with van der Waals surface area (Å²) in [5.74, 6) is 0.301. The molecule has 6 heteroatoms. The lowest BCUT2D eigenvalue weighted by atomic mass is 10.1. The Morgan fingerprint density at radius 2 is 1.80 bits per heavy atom. The van der Waals surface area contributed by atoms with Crippen LogP contribution in [0.5, 0.6) is 0 Å². The molecule has 1 aromatic rings. The van der Waals surface area contributed by atoms with Gasteiger partial charge >= 0.3 is 0 Å². The Balaban J connectivity index is 1.39. The third kappa shape index (κ3) is 4.80. The molecule has 1 atom stereocenters. The molecule has 2 heterocycles. The van der Waals surface area contributed by atoms with E-state index in [1.807, 2.05) is 35.2 Å². The lowest BCUT2D eigenvalue weighted by Crippen LogP contribution is -2.50. The van der Waals surface area contributed by atoms with Crippen molar-refractivity contribution in [3.8, 4) is 0 Å². The van der Waals surface area contributed by atoms with Gasteiger partial charge in [0.15, 0.2) is 0 Å². The Morgan fingerprint density at radius 3 is 2.44 bits per heavy atom. The second-order valence-electron chi connectivity index (χ2n) is 6.84. The van der Waals surface area contributed by atoms with Gasteiger partial charge in [0, 0.05) is 58.7 Å². The minimum Gasteiger partial charge on any atom is -0.387 e. The third-order valence-corrected chi connectivity index (χ3v) is 5.11. The van der Waals surface area contributed by atoms with Crippen molar-refractivity contribution in [2.75, 3.05) is 45.8 Å². The molecule has 6 nitrogen and oxygen atoms in total. The number of piperazine rings is 1. The minimum absolute atomic E-state index is 0.128. The number of hydrogen-bond acceptors (Lipinski definition) is 4. The first kappa shape index (κ1) is 17.9. The van der Waals surface area contributed by atoms with Crippen LogP contribution in [0.25, 0.3) is 0 Å². The number of carbonyl (C=O) groups is 2. The topological polar surface area (TPSA) is 64.1 Å². The number of benzene rings is 1. The third-order valence-electron chi connectivity index (χ3n) is 5.11. The maximum atomic E-state index is 12.3. The van der Waals surface area contributed by atoms with E-state index in [4.69, 9.17) is 0 Å². The van der Waals surface area contributed by atoms with Crippen LogP contribution in [-0.4, -0.2) is 77.4 Å². The fraction of sp³-hybridized carbons (Fsp3) is 0.579. The average molecular weight is 345 g/mol. The molecule has 2 fully saturated rings. The quantitative estimate of drug-likeness (QED) is 0.831. The number of likely N-dealkylation sites (tertiary alicyclic amines) is 1. The van der Waals surface area contributed by atoms with E-state index in [-0.39, 0.29) is 11.8 Å². The highest BCUT2D eigenvalue weighted by Crippen LogP contribution is 2.15. The zero-order valence-electron chi connectivity index (χ0n) is 14.6. The summed E-state index contributed by atoms with van der Waals surface area (Å²) in [6.07, 6.45) is 1.45. The van der Waals surface area contributed by atoms with Crippen LogP contribution >= 0.6 is 0 Å². The van der Waals surface area contributed by atoms with Gasteiger partial charge in [0.25, 0.3) is 0 Å². The van der Waals surface area contributed by atoms with Crippen molar-refractivity contribution in [2.24, 2.45) is 0 Å². The Labute approximate surface area is 149 Å². The van der Waals surface area contributed by atoms with Gasteiger partial charge in [0.2, 0.25) is 11.8 Å². The Hall–Kier alpha value is -1.92. The summed E-state index contributed by atoms with van der Waals surface area (Å²) in [6, 6.07) is 9.67. The molecule has 0 unspecified atom stereocenters. The van der Waals surface area contributed by atoms with Crippen molar-refractivity contribution in [3.63, 3.8) is 0 Å². The van der Waals surface area contributed by atoms with E-state index in [1.54, 1.807) is 4.90 Å². The normalized spacial score (nSPS) is 20.1. The first-order valence-electron chi connectivity index (χ1n) is 9.14. The second kappa shape index (κ2) is 8.45. The molecule has 2 aliphatic heterocycles. The predicted octanol–water partition coefficient (Wildman–Crippen LogP) is 0.877. The molecule has 0 spiro atoms. The zero-order valence-corrected chi connectivity index (χ0v) is 14.6. The minimum atomic E-state index is -0.496. The summed E-state index contributed by atoms with van der Waals surface area (Å²) in [6.45, 7) is 4.86. The largest absolute Gasteiger partial charge is 0.387 e. The maximum Gasteiger partial charge on any atom is 0.224 e. The molecular formula is C19H27N3O3. The number of aliphatic hydroxyl groups is 1. The molecule has 0 saturated carbocycles. The van der Waals surface area contributed by atoms with E-state index >= 15 is 0 Å². The van der Waals surface area contributed by atoms with Crippen molar-refractivity contribution >= 4 is 11.8 Å². The number of aliphatic hydroxyl groups excluding tert-OH is 1. The SMILES string of the molecule is O=C1CCCN1CCC(=O)N1CCN(C[C@H](O)c2ccccc2)CC1. The molecule has 136 valence electrons. The molecule has 0 aromatic heterocycles. The van der Waals surface area contributed by atoms with Gasteiger partial charge in [-0.2, -0.15) is 0 Å². The summed E-state index contributed by atoms with van der Waals surface area (Å²) in [5.41, 5.74) is 0.927. The summed E-state index contributed by atoms with van der Waals surface area (Å²) in [5, 5.41) is 10.3. The van der Waals surface area contributed by atoms with Crippen LogP contribution < -0.4 is 0 Å². The summed E-state index contributed by atoms with van der Waals surface area (Å²) in [4.78, 5) is 29.8. The van der Waals surface area contributed by atoms with Gasteiger partial charge in [-0.1, -0.05) is 30.3 Å². The van der Waals surface area contributed by atoms with E-state index in [1.165, 1.54) is 0 Å². The number of hydrogen-bond donors (Lipinski definition) is 1. The van der Waals surface area contributed by atoms with E-state index < -0.39 is 6.10 Å². The van der Waals surface area contributed by atoms with Crippen LogP contribution in [-0.2, 0) is 9.59 Å². The van der Waals surface area contributed by atoms with Gasteiger partial charge in [-0.25, -0.2) is 0 Å². The number of nitrogens with zero attached hydrogens (tertiary/aromatic N) is 3. The molecule has 0 bridgehead atoms. The highest BCUT2D eigenvalue weighted by molar-refractivity contribution is 5.80. The summed E-state index contributed by atoms with van der Waals surface area (Å²) >= 11 is 0. The molecule has 0 aliphatic carbocycles. The van der Waals surface area contributed by atoms with Gasteiger partial charge in [0.1, 0.15) is 0 Å². The molecule has 25 heavy (non-hydrogen) atoms. The predicted molar refractivity (Wildman–Crippen MR) is 94.9 cm³/mol. The van der Waals surface area contributed by atoms with Gasteiger partial charge in [-0.05, 0) is 12.0 Å². The highest BCUT2D eigenvalue weighted by atomic mass is 16.3. The molecular weight excluding hydrogens is 318 g/mol. The lowest BCUT2D eigenvalue weighted by Gasteiger charge is -2.36. The number of β-amino-alcohol motifs (C(OH)–C–C–N with tert-alkyl or cyclic N) is 1. The number of amides is 2. The molecule has 3 rings (SSSR count). The standard InChI is InChI=1S/C19H27N3O3/c23-17(16-5-2-1-3-6-16)15-20-11-13-22(14-12-20)19(25)8-10-21-9-4-7-18(21)24/h1-3,5-6,17,23H,4,7-15H2/t17-/m0/s1. The summed E-state index contributed by atoms with van der Waals surface area (Å²) in [7, 11) is 0. The van der Waals surface area contributed by atoms with Crippen molar-refractivity contribution in [1.82, 2.24) is 14.7 Å². The van der Waals surface area contributed by atoms with Crippen molar-refractivity contribution in [3.05, 3.63) is 35.9 Å². The monoisotopic (exact) mass is 345 g/mol. The first-order chi connectivity index (χ1) is 12.1. The van der Waals surface area contributed by atoms with Gasteiger partial charge in [0.05, 0.1) is 6.10 Å². The van der Waals surface area contributed by atoms with Crippen LogP contribution in [0.15, 0.2) is 30.3 Å². The Kier molecular flexibility index (Phi) is 6.04. The van der Waals surface area contributed by atoms with Crippen molar-refractivity contribution < 1.29 is 14.7 Å². The van der Waals surface area contributed by atoms with E-state index in [9.17, 15) is 14.7 Å². The number of rotatable bonds is 6. The molecule has 0 radical (unpaired) electrons. The van der Waals surface area contributed by atoms with E-state index in [0.29, 0.717) is 39.0 Å². The van der Waals surface area contributed by atoms with Crippen molar-refractivity contribution in [2.45, 2.75) is 25.4 Å². The maximum absolute atomic E-state index is 12.3. The first-order valence-corrected chi connectivity index (χ1v) is 9.14. The smallest absolute Gasteiger partial charge is 0.224 e. The van der Waals surface area contributed by atoms with Gasteiger partial charge in [-0.15, -0.1) is 0 Å². The van der Waals surface area contributed by atoms with Gasteiger partial charge < -0.3 is 14.9 Å². The van der Waals surface area contributed by atoms with E-state index in [2.05, 4.69) is 4.90 Å². The fourth-order valence-corrected chi connectivity index (χ4v) is 3.53. The Morgan fingerprint density at radius 1 is 1.08 bits per heavy atom. The van der Waals surface area contributed by atoms with Crippen molar-refractivity contribution in [1.29, 1.82) is 0 Å². The van der Waals surface area contributed by atoms with Crippen LogP contribution in [0.3, 0.4) is 0 Å². The number of carbonyl (C=O) groups excluding carboxylic acids is 2. The molecule has 2 saturated heterocycles. The van der Waals surface area contributed by atoms with Crippen LogP contribution in [0.4, 0.5) is 0 Å². The highest BCUT2D eigenvalue weighted by Gasteiger charge is 2.25. The lowest BCUT2D eigenvalue weighted by molar-refractivity contribution is -0.134. The molecule has 2 amide bonds.